The van der Waals surface area contributed by atoms with E-state index in [2.05, 4.69) is 0 Å². The van der Waals surface area contributed by atoms with Crippen LogP contribution in [0.2, 0.25) is 0 Å². The van der Waals surface area contributed by atoms with Crippen LogP contribution in [0.1, 0.15) is 23.5 Å². The lowest BCUT2D eigenvalue weighted by atomic mass is 9.95. The predicted molar refractivity (Wildman–Crippen MR) is 94.3 cm³/mol. The molecule has 0 fully saturated rings. The standard InChI is InChI=1S/C18H19NO4S/c1-13-3-5-14(6-4-13)15(12-19(21)22)11-18(20)24-17-9-7-16(23-2)8-10-17/h3-10,15H,11-12H2,1-2H3/t15-/m1/s1. The van der Waals surface area contributed by atoms with Crippen molar-refractivity contribution in [3.63, 3.8) is 0 Å². The van der Waals surface area contributed by atoms with Gasteiger partial charge in [-0.3, -0.25) is 14.9 Å². The van der Waals surface area contributed by atoms with E-state index in [0.717, 1.165) is 33.5 Å². The number of nitrogens with zero attached hydrogens (tertiary/aromatic N) is 1. The third-order valence-corrected chi connectivity index (χ3v) is 4.52. The normalized spacial score (nSPS) is 11.8. The van der Waals surface area contributed by atoms with Crippen molar-refractivity contribution in [1.82, 2.24) is 0 Å². The fraction of sp³-hybridized carbons (Fsp3) is 0.278. The summed E-state index contributed by atoms with van der Waals surface area (Å²) < 4.78 is 5.08. The summed E-state index contributed by atoms with van der Waals surface area (Å²) in [6.07, 6.45) is 0.126. The highest BCUT2D eigenvalue weighted by Gasteiger charge is 2.22. The Labute approximate surface area is 145 Å². The minimum atomic E-state index is -0.418. The second-order valence-corrected chi connectivity index (χ2v) is 6.61. The van der Waals surface area contributed by atoms with Crippen LogP contribution in [-0.4, -0.2) is 23.7 Å². The third kappa shape index (κ3) is 5.38. The van der Waals surface area contributed by atoms with Crippen LogP contribution in [-0.2, 0) is 4.79 Å². The van der Waals surface area contributed by atoms with Gasteiger partial charge in [-0.1, -0.05) is 41.6 Å². The van der Waals surface area contributed by atoms with Crippen molar-refractivity contribution in [2.24, 2.45) is 0 Å². The smallest absolute Gasteiger partial charge is 0.211 e. The first kappa shape index (κ1) is 18.0. The molecule has 24 heavy (non-hydrogen) atoms. The molecule has 0 amide bonds. The average molecular weight is 345 g/mol. The number of ether oxygens (including phenoxy) is 1. The molecule has 0 aromatic heterocycles. The molecule has 1 atom stereocenters. The molecular formula is C18H19NO4S. The number of nitro groups is 1. The second-order valence-electron chi connectivity index (χ2n) is 5.48. The molecule has 0 spiro atoms. The van der Waals surface area contributed by atoms with Gasteiger partial charge in [0, 0.05) is 16.2 Å². The van der Waals surface area contributed by atoms with Crippen molar-refractivity contribution in [3.05, 3.63) is 69.8 Å². The molecule has 6 heteroatoms. The van der Waals surface area contributed by atoms with Gasteiger partial charge in [-0.2, -0.15) is 0 Å². The van der Waals surface area contributed by atoms with Crippen LogP contribution in [0.25, 0.3) is 0 Å². The van der Waals surface area contributed by atoms with Gasteiger partial charge in [0.25, 0.3) is 0 Å². The molecule has 0 saturated heterocycles. The number of methoxy groups -OCH3 is 1. The summed E-state index contributed by atoms with van der Waals surface area (Å²) in [6, 6.07) is 14.7. The molecule has 0 radical (unpaired) electrons. The van der Waals surface area contributed by atoms with Crippen LogP contribution in [0.5, 0.6) is 5.75 Å². The monoisotopic (exact) mass is 345 g/mol. The van der Waals surface area contributed by atoms with Crippen molar-refractivity contribution in [3.8, 4) is 5.75 Å². The van der Waals surface area contributed by atoms with E-state index >= 15 is 0 Å². The Morgan fingerprint density at radius 3 is 2.33 bits per heavy atom. The summed E-state index contributed by atoms with van der Waals surface area (Å²) in [5.74, 6) is 0.302. The van der Waals surface area contributed by atoms with E-state index in [1.807, 2.05) is 31.2 Å². The van der Waals surface area contributed by atoms with Crippen molar-refractivity contribution < 1.29 is 14.5 Å². The minimum Gasteiger partial charge on any atom is -0.497 e. The Morgan fingerprint density at radius 1 is 1.17 bits per heavy atom. The fourth-order valence-electron chi connectivity index (χ4n) is 2.32. The molecule has 0 N–H and O–H groups in total. The highest BCUT2D eigenvalue weighted by Crippen LogP contribution is 2.28. The molecule has 2 aromatic rings. The van der Waals surface area contributed by atoms with Gasteiger partial charge >= 0.3 is 0 Å². The Bertz CT molecular complexity index is 698. The summed E-state index contributed by atoms with van der Waals surface area (Å²) in [6.45, 7) is 1.70. The highest BCUT2D eigenvalue weighted by molar-refractivity contribution is 8.13. The fourth-order valence-corrected chi connectivity index (χ4v) is 3.14. The maximum Gasteiger partial charge on any atom is 0.211 e. The second kappa shape index (κ2) is 8.49. The summed E-state index contributed by atoms with van der Waals surface area (Å²) in [7, 11) is 1.58. The summed E-state index contributed by atoms with van der Waals surface area (Å²) >= 11 is 1.10. The average Bonchev–Trinajstić information content (AvgIpc) is 2.55. The molecule has 0 unspecified atom stereocenters. The van der Waals surface area contributed by atoms with Gasteiger partial charge in [-0.05, 0) is 36.8 Å². The van der Waals surface area contributed by atoms with E-state index in [1.54, 1.807) is 31.4 Å². The lowest BCUT2D eigenvalue weighted by Crippen LogP contribution is -2.15. The number of thioether (sulfide) groups is 1. The maximum atomic E-state index is 12.3. The lowest BCUT2D eigenvalue weighted by molar-refractivity contribution is -0.483. The van der Waals surface area contributed by atoms with Gasteiger partial charge in [0.2, 0.25) is 6.54 Å². The quantitative estimate of drug-likeness (QED) is 0.430. The van der Waals surface area contributed by atoms with Crippen LogP contribution >= 0.6 is 11.8 Å². The van der Waals surface area contributed by atoms with E-state index in [4.69, 9.17) is 4.74 Å². The number of carbonyl (C=O) groups excluding carboxylic acids is 1. The van der Waals surface area contributed by atoms with Crippen LogP contribution in [0.4, 0.5) is 0 Å². The zero-order valence-electron chi connectivity index (χ0n) is 13.6. The molecule has 126 valence electrons. The van der Waals surface area contributed by atoms with Crippen molar-refractivity contribution >= 4 is 16.9 Å². The third-order valence-electron chi connectivity index (χ3n) is 3.62. The molecule has 5 nitrogen and oxygen atoms in total. The van der Waals surface area contributed by atoms with Gasteiger partial charge in [0.05, 0.1) is 13.0 Å². The number of hydrogen-bond acceptors (Lipinski definition) is 5. The largest absolute Gasteiger partial charge is 0.497 e. The molecule has 0 saturated carbocycles. The summed E-state index contributed by atoms with van der Waals surface area (Å²) in [4.78, 5) is 23.7. The van der Waals surface area contributed by atoms with Crippen molar-refractivity contribution in [1.29, 1.82) is 0 Å². The zero-order chi connectivity index (χ0) is 17.5. The first-order valence-corrected chi connectivity index (χ1v) is 8.32. The van der Waals surface area contributed by atoms with Crippen LogP contribution in [0.15, 0.2) is 53.4 Å². The van der Waals surface area contributed by atoms with Crippen LogP contribution in [0.3, 0.4) is 0 Å². The van der Waals surface area contributed by atoms with E-state index < -0.39 is 5.92 Å². The SMILES string of the molecule is COc1ccc(SC(=O)C[C@H](C[N+](=O)[O-])c2ccc(C)cc2)cc1. The molecule has 0 aliphatic rings. The summed E-state index contributed by atoms with van der Waals surface area (Å²) in [5.41, 5.74) is 1.90. The van der Waals surface area contributed by atoms with Gasteiger partial charge < -0.3 is 4.74 Å². The Hall–Kier alpha value is -2.34. The van der Waals surface area contributed by atoms with E-state index in [1.165, 1.54) is 0 Å². The van der Waals surface area contributed by atoms with E-state index in [9.17, 15) is 14.9 Å². The Morgan fingerprint density at radius 2 is 1.79 bits per heavy atom. The lowest BCUT2D eigenvalue weighted by Gasteiger charge is -2.13. The van der Waals surface area contributed by atoms with Gasteiger partial charge in [0.1, 0.15) is 5.75 Å². The molecule has 0 aliphatic heterocycles. The number of rotatable bonds is 7. The van der Waals surface area contributed by atoms with Crippen molar-refractivity contribution in [2.45, 2.75) is 24.2 Å². The van der Waals surface area contributed by atoms with Crippen LogP contribution in [0, 0.1) is 17.0 Å². The Balaban J connectivity index is 2.05. The van der Waals surface area contributed by atoms with E-state index in [-0.39, 0.29) is 23.0 Å². The highest BCUT2D eigenvalue weighted by atomic mass is 32.2. The zero-order valence-corrected chi connectivity index (χ0v) is 14.4. The van der Waals surface area contributed by atoms with Gasteiger partial charge in [-0.25, -0.2) is 0 Å². The number of carbonyl (C=O) groups is 1. The number of hydrogen-bond donors (Lipinski definition) is 0. The molecular weight excluding hydrogens is 326 g/mol. The maximum absolute atomic E-state index is 12.3. The topological polar surface area (TPSA) is 69.4 Å². The summed E-state index contributed by atoms with van der Waals surface area (Å²) in [5, 5.41) is 10.8. The van der Waals surface area contributed by atoms with E-state index in [0.29, 0.717) is 0 Å². The predicted octanol–water partition coefficient (Wildman–Crippen LogP) is 4.07. The first-order valence-electron chi connectivity index (χ1n) is 7.51. The number of aryl methyl sites for hydroxylation is 1. The van der Waals surface area contributed by atoms with Crippen LogP contribution < -0.4 is 4.74 Å². The minimum absolute atomic E-state index is 0.0902. The molecule has 0 bridgehead atoms. The van der Waals surface area contributed by atoms with Gasteiger partial charge in [-0.15, -0.1) is 0 Å². The molecule has 2 aromatic carbocycles. The van der Waals surface area contributed by atoms with Gasteiger partial charge in [0.15, 0.2) is 5.12 Å². The molecule has 0 heterocycles. The Kier molecular flexibility index (Phi) is 6.37. The first-order chi connectivity index (χ1) is 11.5. The molecule has 0 aliphatic carbocycles. The molecule has 2 rings (SSSR count). The number of benzene rings is 2. The van der Waals surface area contributed by atoms with Crippen molar-refractivity contribution in [2.75, 3.05) is 13.7 Å².